The molecule has 0 unspecified atom stereocenters. The van der Waals surface area contributed by atoms with E-state index in [1.807, 2.05) is 6.92 Å². The molecule has 1 aromatic rings. The van der Waals surface area contributed by atoms with E-state index in [2.05, 4.69) is 0 Å². The van der Waals surface area contributed by atoms with E-state index in [1.165, 1.54) is 6.07 Å². The van der Waals surface area contributed by atoms with Crippen LogP contribution in [0.5, 0.6) is 11.5 Å². The van der Waals surface area contributed by atoms with Crippen LogP contribution in [-0.2, 0) is 25.5 Å². The Hall–Kier alpha value is -2.57. The molecule has 1 aliphatic rings. The lowest BCUT2D eigenvalue weighted by molar-refractivity contribution is -0.145. The molecule has 1 heterocycles. The highest BCUT2D eigenvalue weighted by molar-refractivity contribution is 6.01. The van der Waals surface area contributed by atoms with E-state index in [9.17, 15) is 19.5 Å². The van der Waals surface area contributed by atoms with Crippen LogP contribution in [0.2, 0.25) is 0 Å². The van der Waals surface area contributed by atoms with Gasteiger partial charge >= 0.3 is 11.9 Å². The summed E-state index contributed by atoms with van der Waals surface area (Å²) in [5.41, 5.74) is -0.0243. The molecule has 0 aliphatic carbocycles. The van der Waals surface area contributed by atoms with Crippen LogP contribution in [-0.4, -0.2) is 41.6 Å². The first-order valence-electron chi connectivity index (χ1n) is 10.2. The summed E-state index contributed by atoms with van der Waals surface area (Å²) in [4.78, 5) is 36.8. The maximum absolute atomic E-state index is 12.9. The van der Waals surface area contributed by atoms with Crippen LogP contribution < -0.4 is 4.74 Å². The smallest absolute Gasteiger partial charge is 0.305 e. The predicted molar refractivity (Wildman–Crippen MR) is 106 cm³/mol. The summed E-state index contributed by atoms with van der Waals surface area (Å²) in [5.74, 6) is -0.457. The van der Waals surface area contributed by atoms with Crippen LogP contribution >= 0.6 is 0 Å². The van der Waals surface area contributed by atoms with Crippen molar-refractivity contribution in [3.63, 3.8) is 0 Å². The Morgan fingerprint density at radius 1 is 1.07 bits per heavy atom. The van der Waals surface area contributed by atoms with Crippen molar-refractivity contribution in [2.24, 2.45) is 0 Å². The summed E-state index contributed by atoms with van der Waals surface area (Å²) in [7, 11) is 0. The van der Waals surface area contributed by atoms with Crippen LogP contribution in [0.1, 0.15) is 75.2 Å². The summed E-state index contributed by atoms with van der Waals surface area (Å²) in [6.07, 6.45) is 1.97. The molecular weight excluding hydrogens is 376 g/mol. The summed E-state index contributed by atoms with van der Waals surface area (Å²) in [5, 5.41) is 10.3. The molecule has 7 nitrogen and oxygen atoms in total. The SMILES string of the molecule is CCCc1c(O)ccc2c1OC(CCC(=O)OCC)(CCC(=O)OCC)CC2=O. The number of esters is 2. The fourth-order valence-corrected chi connectivity index (χ4v) is 3.62. The maximum Gasteiger partial charge on any atom is 0.305 e. The lowest BCUT2D eigenvalue weighted by atomic mass is 9.82. The molecule has 2 rings (SSSR count). The van der Waals surface area contributed by atoms with Crippen molar-refractivity contribution < 1.29 is 33.7 Å². The molecule has 0 spiro atoms. The van der Waals surface area contributed by atoms with E-state index in [0.717, 1.165) is 6.42 Å². The Morgan fingerprint density at radius 2 is 1.66 bits per heavy atom. The van der Waals surface area contributed by atoms with E-state index in [0.29, 0.717) is 23.3 Å². The molecule has 7 heteroatoms. The fraction of sp³-hybridized carbons (Fsp3) is 0.591. The number of carbonyl (C=O) groups is 3. The number of phenols is 1. The molecule has 0 fully saturated rings. The van der Waals surface area contributed by atoms with Gasteiger partial charge in [0.05, 0.1) is 25.2 Å². The molecule has 0 aromatic heterocycles. The summed E-state index contributed by atoms with van der Waals surface area (Å²) >= 11 is 0. The van der Waals surface area contributed by atoms with Gasteiger partial charge in [0.15, 0.2) is 5.78 Å². The van der Waals surface area contributed by atoms with Crippen molar-refractivity contribution in [2.45, 2.75) is 71.3 Å². The molecule has 0 atom stereocenters. The van der Waals surface area contributed by atoms with Gasteiger partial charge in [-0.25, -0.2) is 0 Å². The minimum absolute atomic E-state index is 0.0507. The number of ketones is 1. The predicted octanol–water partition coefficient (Wildman–Crippen LogP) is 3.74. The van der Waals surface area contributed by atoms with Gasteiger partial charge in [0, 0.05) is 18.4 Å². The van der Waals surface area contributed by atoms with E-state index < -0.39 is 5.60 Å². The van der Waals surface area contributed by atoms with Crippen molar-refractivity contribution in [1.82, 2.24) is 0 Å². The third-order valence-corrected chi connectivity index (χ3v) is 5.02. The first-order valence-corrected chi connectivity index (χ1v) is 10.2. The molecule has 29 heavy (non-hydrogen) atoms. The number of hydrogen-bond donors (Lipinski definition) is 1. The Kier molecular flexibility index (Phi) is 8.05. The van der Waals surface area contributed by atoms with Crippen molar-refractivity contribution in [3.8, 4) is 11.5 Å². The first kappa shape index (κ1) is 22.7. The number of phenolic OH excluding ortho intramolecular Hbond substituents is 1. The Labute approximate surface area is 171 Å². The van der Waals surface area contributed by atoms with Gasteiger partial charge in [0.2, 0.25) is 0 Å². The Bertz CT molecular complexity index is 732. The molecule has 0 saturated carbocycles. The molecule has 1 aromatic carbocycles. The Morgan fingerprint density at radius 3 is 2.17 bits per heavy atom. The minimum atomic E-state index is -1.03. The lowest BCUT2D eigenvalue weighted by Gasteiger charge is -2.39. The quantitative estimate of drug-likeness (QED) is 0.591. The third-order valence-electron chi connectivity index (χ3n) is 5.02. The zero-order valence-electron chi connectivity index (χ0n) is 17.4. The number of rotatable bonds is 10. The van der Waals surface area contributed by atoms with Crippen LogP contribution in [0.4, 0.5) is 0 Å². The van der Waals surface area contributed by atoms with E-state index >= 15 is 0 Å². The number of aromatic hydroxyl groups is 1. The summed E-state index contributed by atoms with van der Waals surface area (Å²) < 4.78 is 16.3. The molecule has 0 bridgehead atoms. The molecule has 0 radical (unpaired) electrons. The van der Waals surface area contributed by atoms with Gasteiger partial charge in [-0.2, -0.15) is 0 Å². The number of fused-ring (bicyclic) bond motifs is 1. The van der Waals surface area contributed by atoms with E-state index in [4.69, 9.17) is 14.2 Å². The van der Waals surface area contributed by atoms with Crippen LogP contribution in [0, 0.1) is 0 Å². The molecule has 1 N–H and O–H groups in total. The second kappa shape index (κ2) is 10.3. The van der Waals surface area contributed by atoms with Crippen molar-refractivity contribution in [2.75, 3.05) is 13.2 Å². The summed E-state index contributed by atoms with van der Waals surface area (Å²) in [6, 6.07) is 3.07. The number of benzene rings is 1. The van der Waals surface area contributed by atoms with Gasteiger partial charge in [0.25, 0.3) is 0 Å². The van der Waals surface area contributed by atoms with E-state index in [-0.39, 0.29) is 68.8 Å². The number of hydrogen-bond acceptors (Lipinski definition) is 7. The highest BCUT2D eigenvalue weighted by Gasteiger charge is 2.42. The number of carbonyl (C=O) groups excluding carboxylic acids is 3. The zero-order valence-corrected chi connectivity index (χ0v) is 17.4. The topological polar surface area (TPSA) is 99.1 Å². The summed E-state index contributed by atoms with van der Waals surface area (Å²) in [6.45, 7) is 5.96. The van der Waals surface area contributed by atoms with Gasteiger partial charge < -0.3 is 19.3 Å². The highest BCUT2D eigenvalue weighted by Crippen LogP contribution is 2.43. The molecule has 1 aliphatic heterocycles. The standard InChI is InChI=1S/C22H30O7/c1-4-7-15-17(23)9-8-16-18(24)14-22(29-21(15)16,12-10-19(25)27-5-2)13-11-20(26)28-6-3/h8-9,23H,4-7,10-14H2,1-3H3. The first-order chi connectivity index (χ1) is 13.9. The minimum Gasteiger partial charge on any atom is -0.508 e. The normalized spacial score (nSPS) is 14.7. The maximum atomic E-state index is 12.9. The number of Topliss-reactive ketones (excluding diaryl/α,β-unsaturated/α-hetero) is 1. The second-order valence-electron chi connectivity index (χ2n) is 7.18. The average molecular weight is 406 g/mol. The third kappa shape index (κ3) is 5.71. The van der Waals surface area contributed by atoms with E-state index in [1.54, 1.807) is 19.9 Å². The van der Waals surface area contributed by atoms with Gasteiger partial charge in [0.1, 0.15) is 17.1 Å². The molecule has 160 valence electrons. The number of ether oxygens (including phenoxy) is 3. The van der Waals surface area contributed by atoms with Crippen molar-refractivity contribution >= 4 is 17.7 Å². The van der Waals surface area contributed by atoms with Crippen LogP contribution in [0.25, 0.3) is 0 Å². The largest absolute Gasteiger partial charge is 0.508 e. The van der Waals surface area contributed by atoms with Crippen LogP contribution in [0.15, 0.2) is 12.1 Å². The van der Waals surface area contributed by atoms with Gasteiger partial charge in [-0.15, -0.1) is 0 Å². The monoisotopic (exact) mass is 406 g/mol. The molecule has 0 amide bonds. The Balaban J connectivity index is 2.35. The lowest BCUT2D eigenvalue weighted by Crippen LogP contribution is -2.43. The average Bonchev–Trinajstić information content (AvgIpc) is 2.68. The van der Waals surface area contributed by atoms with Crippen molar-refractivity contribution in [3.05, 3.63) is 23.3 Å². The van der Waals surface area contributed by atoms with Crippen LogP contribution in [0.3, 0.4) is 0 Å². The van der Waals surface area contributed by atoms with Crippen molar-refractivity contribution in [1.29, 1.82) is 0 Å². The molecule has 0 saturated heterocycles. The van der Waals surface area contributed by atoms with Gasteiger partial charge in [-0.1, -0.05) is 13.3 Å². The van der Waals surface area contributed by atoms with Gasteiger partial charge in [-0.3, -0.25) is 14.4 Å². The molecular formula is C22H30O7. The fourth-order valence-electron chi connectivity index (χ4n) is 3.62. The zero-order chi connectivity index (χ0) is 21.4. The second-order valence-corrected chi connectivity index (χ2v) is 7.18. The van der Waals surface area contributed by atoms with Gasteiger partial charge in [-0.05, 0) is 45.2 Å². The highest BCUT2D eigenvalue weighted by atomic mass is 16.5.